The smallest absolute Gasteiger partial charge is 0.367 e. The number of H-pyrrole nitrogens is 1. The number of benzene rings is 1. The van der Waals surface area contributed by atoms with Crippen LogP contribution in [0.4, 0.5) is 19.0 Å². The molecular formula is C15H14F3N3O2. The number of aromatic nitrogens is 2. The summed E-state index contributed by atoms with van der Waals surface area (Å²) in [7, 11) is 0. The number of nitrogens with one attached hydrogen (secondary N) is 2. The highest BCUT2D eigenvalue weighted by Crippen LogP contribution is 2.54. The van der Waals surface area contributed by atoms with E-state index in [1.807, 2.05) is 30.3 Å². The summed E-state index contributed by atoms with van der Waals surface area (Å²) in [5.41, 5.74) is -3.45. The number of halogens is 3. The zero-order valence-corrected chi connectivity index (χ0v) is 12.0. The molecule has 1 aromatic heterocycles. The van der Waals surface area contributed by atoms with Gasteiger partial charge in [0.1, 0.15) is 11.4 Å². The van der Waals surface area contributed by atoms with Crippen LogP contribution in [0.15, 0.2) is 46.0 Å². The number of alkyl halides is 3. The third kappa shape index (κ3) is 2.76. The van der Waals surface area contributed by atoms with E-state index in [2.05, 4.69) is 10.3 Å². The molecule has 8 heteroatoms. The van der Waals surface area contributed by atoms with E-state index in [4.69, 9.17) is 0 Å². The number of anilines is 1. The van der Waals surface area contributed by atoms with E-state index >= 15 is 0 Å². The van der Waals surface area contributed by atoms with Crippen molar-refractivity contribution < 1.29 is 13.2 Å². The van der Waals surface area contributed by atoms with Gasteiger partial charge < -0.3 is 5.32 Å². The molecule has 1 saturated carbocycles. The Hall–Kier alpha value is -2.51. The zero-order chi connectivity index (χ0) is 16.7. The molecule has 5 nitrogen and oxygen atoms in total. The molecule has 0 aliphatic heterocycles. The van der Waals surface area contributed by atoms with E-state index in [-0.39, 0.29) is 23.2 Å². The minimum Gasteiger partial charge on any atom is -0.367 e. The molecule has 0 unspecified atom stereocenters. The lowest BCUT2D eigenvalue weighted by atomic mass is 10.2. The van der Waals surface area contributed by atoms with Crippen LogP contribution >= 0.6 is 0 Å². The van der Waals surface area contributed by atoms with Crippen molar-refractivity contribution in [2.45, 2.75) is 31.1 Å². The van der Waals surface area contributed by atoms with Crippen molar-refractivity contribution in [2.24, 2.45) is 0 Å². The first kappa shape index (κ1) is 15.4. The van der Waals surface area contributed by atoms with Crippen LogP contribution in [0.5, 0.6) is 0 Å². The monoisotopic (exact) mass is 325 g/mol. The molecule has 1 heterocycles. The van der Waals surface area contributed by atoms with Crippen molar-refractivity contribution in [1.29, 1.82) is 0 Å². The Kier molecular flexibility index (Phi) is 3.54. The topological polar surface area (TPSA) is 66.9 Å². The largest absolute Gasteiger partial charge is 0.412 e. The molecule has 3 rings (SSSR count). The van der Waals surface area contributed by atoms with Crippen LogP contribution in [0.1, 0.15) is 18.4 Å². The minimum absolute atomic E-state index is 0.0954. The molecule has 0 saturated heterocycles. The molecule has 1 aliphatic rings. The summed E-state index contributed by atoms with van der Waals surface area (Å²) in [6.07, 6.45) is -5.13. The van der Waals surface area contributed by atoms with Gasteiger partial charge in [-0.1, -0.05) is 30.3 Å². The van der Waals surface area contributed by atoms with Gasteiger partial charge in [-0.25, -0.2) is 9.36 Å². The van der Waals surface area contributed by atoms with E-state index in [0.717, 1.165) is 11.6 Å². The van der Waals surface area contributed by atoms with Gasteiger partial charge >= 0.3 is 11.9 Å². The fraction of sp³-hybridized carbons (Fsp3) is 0.333. The minimum atomic E-state index is -4.62. The molecule has 2 aromatic rings. The third-order valence-corrected chi connectivity index (χ3v) is 3.94. The third-order valence-electron chi connectivity index (χ3n) is 3.94. The zero-order valence-electron chi connectivity index (χ0n) is 12.0. The average Bonchev–Trinajstić information content (AvgIpc) is 3.27. The summed E-state index contributed by atoms with van der Waals surface area (Å²) in [4.78, 5) is 26.3. The molecule has 1 aliphatic carbocycles. The predicted molar refractivity (Wildman–Crippen MR) is 78.4 cm³/mol. The number of nitrogens with zero attached hydrogens (tertiary/aromatic N) is 1. The van der Waals surface area contributed by atoms with Gasteiger partial charge in [-0.2, -0.15) is 13.2 Å². The molecule has 122 valence electrons. The van der Waals surface area contributed by atoms with Crippen molar-refractivity contribution in [3.63, 3.8) is 0 Å². The molecular weight excluding hydrogens is 311 g/mol. The lowest BCUT2D eigenvalue weighted by Gasteiger charge is -2.21. The molecule has 0 amide bonds. The highest BCUT2D eigenvalue weighted by atomic mass is 19.4. The van der Waals surface area contributed by atoms with Crippen LogP contribution in [0.3, 0.4) is 0 Å². The summed E-state index contributed by atoms with van der Waals surface area (Å²) in [6, 6.07) is 10.2. The van der Waals surface area contributed by atoms with Crippen LogP contribution < -0.4 is 16.6 Å². The van der Waals surface area contributed by atoms with Gasteiger partial charge in [-0.3, -0.25) is 9.78 Å². The summed E-state index contributed by atoms with van der Waals surface area (Å²) >= 11 is 0. The van der Waals surface area contributed by atoms with Gasteiger partial charge in [-0.05, 0) is 18.4 Å². The van der Waals surface area contributed by atoms with Gasteiger partial charge in [0.2, 0.25) is 0 Å². The summed E-state index contributed by atoms with van der Waals surface area (Å²) in [6.45, 7) is 0.338. The summed E-state index contributed by atoms with van der Waals surface area (Å²) in [5.74, 6) is 0.0954. The van der Waals surface area contributed by atoms with E-state index in [9.17, 15) is 22.8 Å². The van der Waals surface area contributed by atoms with Gasteiger partial charge in [0, 0.05) is 12.6 Å². The molecule has 0 atom stereocenters. The van der Waals surface area contributed by atoms with Crippen molar-refractivity contribution in [1.82, 2.24) is 9.55 Å². The second kappa shape index (κ2) is 5.29. The maximum Gasteiger partial charge on any atom is 0.412 e. The van der Waals surface area contributed by atoms with Crippen molar-refractivity contribution in [2.75, 3.05) is 5.32 Å². The molecule has 1 fully saturated rings. The maximum atomic E-state index is 13.1. The SMILES string of the molecule is O=c1cc(NCc2ccccc2)[nH]c(=O)n1C1(C(F)(F)F)CC1. The summed E-state index contributed by atoms with van der Waals surface area (Å²) in [5, 5.41) is 2.83. The van der Waals surface area contributed by atoms with Crippen LogP contribution in [0, 0.1) is 0 Å². The Bertz CT molecular complexity index is 789. The first-order chi connectivity index (χ1) is 10.8. The second-order valence-electron chi connectivity index (χ2n) is 5.53. The Balaban J connectivity index is 1.87. The Morgan fingerprint density at radius 3 is 2.35 bits per heavy atom. The van der Waals surface area contributed by atoms with E-state index in [0.29, 0.717) is 6.54 Å². The van der Waals surface area contributed by atoms with Gasteiger partial charge in [0.25, 0.3) is 5.56 Å². The Morgan fingerprint density at radius 2 is 1.83 bits per heavy atom. The van der Waals surface area contributed by atoms with E-state index < -0.39 is 23.0 Å². The maximum absolute atomic E-state index is 13.1. The first-order valence-electron chi connectivity index (χ1n) is 7.05. The molecule has 0 bridgehead atoms. The molecule has 0 spiro atoms. The number of hydrogen-bond acceptors (Lipinski definition) is 3. The lowest BCUT2D eigenvalue weighted by molar-refractivity contribution is -0.181. The number of aromatic amines is 1. The Labute approximate surface area is 128 Å². The molecule has 1 aromatic carbocycles. The van der Waals surface area contributed by atoms with Crippen molar-refractivity contribution in [3.05, 3.63) is 62.8 Å². The number of rotatable bonds is 4. The van der Waals surface area contributed by atoms with Gasteiger partial charge in [0.15, 0.2) is 0 Å². The molecule has 23 heavy (non-hydrogen) atoms. The molecule has 0 radical (unpaired) electrons. The van der Waals surface area contributed by atoms with Gasteiger partial charge in [-0.15, -0.1) is 0 Å². The van der Waals surface area contributed by atoms with Crippen LogP contribution in [0.25, 0.3) is 0 Å². The van der Waals surface area contributed by atoms with Crippen LogP contribution in [-0.2, 0) is 12.1 Å². The normalized spacial score (nSPS) is 16.1. The fourth-order valence-electron chi connectivity index (χ4n) is 2.54. The van der Waals surface area contributed by atoms with E-state index in [1.165, 1.54) is 0 Å². The standard InChI is InChI=1S/C15H14F3N3O2/c16-15(17,18)14(6-7-14)21-12(22)8-11(20-13(21)23)19-9-10-4-2-1-3-5-10/h1-5,8,19H,6-7,9H2,(H,20,23). The fourth-order valence-corrected chi connectivity index (χ4v) is 2.54. The number of hydrogen-bond donors (Lipinski definition) is 2. The van der Waals surface area contributed by atoms with E-state index in [1.54, 1.807) is 0 Å². The van der Waals surface area contributed by atoms with Crippen molar-refractivity contribution >= 4 is 5.82 Å². The predicted octanol–water partition coefficient (Wildman–Crippen LogP) is 2.20. The van der Waals surface area contributed by atoms with Gasteiger partial charge in [0.05, 0.1) is 0 Å². The average molecular weight is 325 g/mol. The molecule has 2 N–H and O–H groups in total. The second-order valence-corrected chi connectivity index (χ2v) is 5.53. The first-order valence-corrected chi connectivity index (χ1v) is 7.05. The Morgan fingerprint density at radius 1 is 1.17 bits per heavy atom. The quantitative estimate of drug-likeness (QED) is 0.906. The highest BCUT2D eigenvalue weighted by Gasteiger charge is 2.66. The lowest BCUT2D eigenvalue weighted by Crippen LogP contribution is -2.49. The highest BCUT2D eigenvalue weighted by molar-refractivity contribution is 5.34. The van der Waals surface area contributed by atoms with Crippen molar-refractivity contribution in [3.8, 4) is 0 Å². The van der Waals surface area contributed by atoms with Crippen LogP contribution in [-0.4, -0.2) is 15.7 Å². The van der Waals surface area contributed by atoms with Crippen LogP contribution in [0.2, 0.25) is 0 Å². The summed E-state index contributed by atoms with van der Waals surface area (Å²) < 4.78 is 39.5.